The molecule has 1 aliphatic rings. The molecule has 3 amide bonds. The van der Waals surface area contributed by atoms with Crippen molar-refractivity contribution in [1.82, 2.24) is 15.2 Å². The van der Waals surface area contributed by atoms with Gasteiger partial charge in [0.1, 0.15) is 12.2 Å². The van der Waals surface area contributed by atoms with Gasteiger partial charge in [-0.2, -0.15) is 0 Å². The maximum absolute atomic E-state index is 13.0. The molecule has 9 heteroatoms. The second-order valence-electron chi connectivity index (χ2n) is 8.66. The first-order valence-corrected chi connectivity index (χ1v) is 12.9. The summed E-state index contributed by atoms with van der Waals surface area (Å²) in [6, 6.07) is 15.7. The molecule has 1 aliphatic heterocycles. The van der Waals surface area contributed by atoms with Gasteiger partial charge in [-0.1, -0.05) is 48.0 Å². The van der Waals surface area contributed by atoms with Gasteiger partial charge in [0.2, 0.25) is 0 Å². The van der Waals surface area contributed by atoms with Crippen LogP contribution in [0.15, 0.2) is 53.9 Å². The topological polar surface area (TPSA) is 101 Å². The smallest absolute Gasteiger partial charge is 0.325 e. The molecular formula is C27H30N4O4S. The fraction of sp³-hybridized carbons (Fsp3) is 0.333. The van der Waals surface area contributed by atoms with Gasteiger partial charge in [0, 0.05) is 35.6 Å². The van der Waals surface area contributed by atoms with Crippen LogP contribution in [0.3, 0.4) is 0 Å². The maximum atomic E-state index is 13.0. The van der Waals surface area contributed by atoms with Crippen LogP contribution < -0.4 is 10.6 Å². The van der Waals surface area contributed by atoms with Gasteiger partial charge in [-0.3, -0.25) is 9.59 Å². The van der Waals surface area contributed by atoms with Crippen molar-refractivity contribution in [2.75, 3.05) is 31.6 Å². The number of urea groups is 1. The average Bonchev–Trinajstić information content (AvgIpc) is 3.39. The van der Waals surface area contributed by atoms with Crippen LogP contribution in [-0.4, -0.2) is 54.0 Å². The highest BCUT2D eigenvalue weighted by Gasteiger charge is 2.26. The highest BCUT2D eigenvalue weighted by Crippen LogP contribution is 2.32. The predicted octanol–water partition coefficient (Wildman–Crippen LogP) is 4.82. The second-order valence-corrected chi connectivity index (χ2v) is 9.55. The quantitative estimate of drug-likeness (QED) is 0.448. The van der Waals surface area contributed by atoms with Crippen molar-refractivity contribution in [3.05, 3.63) is 70.2 Å². The molecule has 0 saturated carbocycles. The van der Waals surface area contributed by atoms with E-state index >= 15 is 0 Å². The summed E-state index contributed by atoms with van der Waals surface area (Å²) in [4.78, 5) is 43.1. The first-order valence-electron chi connectivity index (χ1n) is 12.1. The summed E-state index contributed by atoms with van der Waals surface area (Å²) in [5.41, 5.74) is 4.30. The molecule has 0 atom stereocenters. The van der Waals surface area contributed by atoms with E-state index in [4.69, 9.17) is 4.74 Å². The van der Waals surface area contributed by atoms with Crippen LogP contribution in [0, 0.1) is 6.92 Å². The minimum atomic E-state index is -0.448. The molecule has 0 bridgehead atoms. The highest BCUT2D eigenvalue weighted by atomic mass is 32.1. The van der Waals surface area contributed by atoms with Crippen LogP contribution in [-0.2, 0) is 9.53 Å². The van der Waals surface area contributed by atoms with Gasteiger partial charge in [-0.05, 0) is 38.3 Å². The van der Waals surface area contributed by atoms with E-state index in [0.29, 0.717) is 18.8 Å². The third-order valence-electron chi connectivity index (χ3n) is 6.11. The summed E-state index contributed by atoms with van der Waals surface area (Å²) in [5.74, 6) is -0.505. The number of esters is 1. The first-order chi connectivity index (χ1) is 17.4. The monoisotopic (exact) mass is 506 g/mol. The summed E-state index contributed by atoms with van der Waals surface area (Å²) in [5, 5.41) is 8.31. The number of anilines is 1. The summed E-state index contributed by atoms with van der Waals surface area (Å²) in [6.07, 6.45) is 1.50. The fourth-order valence-electron chi connectivity index (χ4n) is 4.14. The first kappa shape index (κ1) is 25.4. The summed E-state index contributed by atoms with van der Waals surface area (Å²) in [6.45, 7) is 5.04. The number of piperidine rings is 1. The number of carbonyl (C=O) groups is 3. The maximum Gasteiger partial charge on any atom is 0.325 e. The van der Waals surface area contributed by atoms with Crippen molar-refractivity contribution in [1.29, 1.82) is 0 Å². The van der Waals surface area contributed by atoms with Crippen LogP contribution in [0.2, 0.25) is 0 Å². The highest BCUT2D eigenvalue weighted by molar-refractivity contribution is 7.10. The molecule has 8 nitrogen and oxygen atoms in total. The number of rotatable bonds is 7. The standard InChI is InChI=1S/C27H30N4O4S/c1-3-35-24(32)16-28-27(34)31-14-12-20(13-15-31)26-30-23(17-36-26)25(33)29-22-7-5-4-6-21(22)19-10-8-18(2)9-11-19/h4-11,17,20H,3,12-16H2,1-2H3,(H,28,34)(H,29,33). The molecule has 0 spiro atoms. The summed E-state index contributed by atoms with van der Waals surface area (Å²) < 4.78 is 4.84. The molecule has 2 heterocycles. The lowest BCUT2D eigenvalue weighted by Gasteiger charge is -2.31. The molecule has 0 radical (unpaired) electrons. The van der Waals surface area contributed by atoms with E-state index < -0.39 is 5.97 Å². The number of nitrogens with zero attached hydrogens (tertiary/aromatic N) is 2. The third kappa shape index (κ3) is 6.28. The van der Waals surface area contributed by atoms with Gasteiger partial charge in [-0.15, -0.1) is 11.3 Å². The van der Waals surface area contributed by atoms with Crippen molar-refractivity contribution in [2.24, 2.45) is 0 Å². The fourth-order valence-corrected chi connectivity index (χ4v) is 5.12. The zero-order valence-electron chi connectivity index (χ0n) is 20.5. The number of thiazole rings is 1. The van der Waals surface area contributed by atoms with Gasteiger partial charge >= 0.3 is 12.0 Å². The average molecular weight is 507 g/mol. The molecule has 3 aromatic rings. The van der Waals surface area contributed by atoms with Gasteiger partial charge in [0.15, 0.2) is 0 Å². The van der Waals surface area contributed by atoms with E-state index in [1.54, 1.807) is 17.2 Å². The number of hydrogen-bond acceptors (Lipinski definition) is 6. The molecular weight excluding hydrogens is 476 g/mol. The number of benzene rings is 2. The Morgan fingerprint density at radius 1 is 1.08 bits per heavy atom. The van der Waals surface area contributed by atoms with Crippen LogP contribution in [0.25, 0.3) is 11.1 Å². The van der Waals surface area contributed by atoms with Crippen molar-refractivity contribution < 1.29 is 19.1 Å². The van der Waals surface area contributed by atoms with Crippen molar-refractivity contribution in [2.45, 2.75) is 32.6 Å². The largest absolute Gasteiger partial charge is 0.465 e. The zero-order chi connectivity index (χ0) is 25.5. The molecule has 2 aromatic carbocycles. The molecule has 1 saturated heterocycles. The molecule has 4 rings (SSSR count). The SMILES string of the molecule is CCOC(=O)CNC(=O)N1CCC(c2nc(C(=O)Nc3ccccc3-c3ccc(C)cc3)cs2)CC1. The van der Waals surface area contributed by atoms with Crippen LogP contribution in [0.1, 0.15) is 46.7 Å². The van der Waals surface area contributed by atoms with E-state index in [9.17, 15) is 14.4 Å². The number of para-hydroxylation sites is 1. The Morgan fingerprint density at radius 2 is 1.81 bits per heavy atom. The molecule has 0 unspecified atom stereocenters. The van der Waals surface area contributed by atoms with Gasteiger partial charge < -0.3 is 20.3 Å². The number of ether oxygens (including phenoxy) is 1. The van der Waals surface area contributed by atoms with Gasteiger partial charge in [-0.25, -0.2) is 9.78 Å². The Hall–Kier alpha value is -3.72. The van der Waals surface area contributed by atoms with Gasteiger partial charge in [0.05, 0.1) is 11.6 Å². The van der Waals surface area contributed by atoms with Crippen molar-refractivity contribution in [3.8, 4) is 11.1 Å². The molecule has 1 aromatic heterocycles. The molecule has 1 fully saturated rings. The number of aryl methyl sites for hydroxylation is 1. The zero-order valence-corrected chi connectivity index (χ0v) is 21.3. The summed E-state index contributed by atoms with van der Waals surface area (Å²) >= 11 is 1.47. The Morgan fingerprint density at radius 3 is 2.53 bits per heavy atom. The van der Waals surface area contributed by atoms with E-state index in [0.717, 1.165) is 34.7 Å². The third-order valence-corrected chi connectivity index (χ3v) is 7.12. The minimum Gasteiger partial charge on any atom is -0.465 e. The molecule has 188 valence electrons. The molecule has 2 N–H and O–H groups in total. The molecule has 36 heavy (non-hydrogen) atoms. The van der Waals surface area contributed by atoms with E-state index in [-0.39, 0.29) is 31.0 Å². The lowest BCUT2D eigenvalue weighted by molar-refractivity contribution is -0.141. The van der Waals surface area contributed by atoms with E-state index in [1.165, 1.54) is 16.9 Å². The van der Waals surface area contributed by atoms with Crippen LogP contribution in [0.5, 0.6) is 0 Å². The molecule has 0 aliphatic carbocycles. The predicted molar refractivity (Wildman–Crippen MR) is 140 cm³/mol. The van der Waals surface area contributed by atoms with Gasteiger partial charge in [0.25, 0.3) is 5.91 Å². The number of carbonyl (C=O) groups excluding carboxylic acids is 3. The van der Waals surface area contributed by atoms with Crippen LogP contribution in [0.4, 0.5) is 10.5 Å². The van der Waals surface area contributed by atoms with E-state index in [1.807, 2.05) is 43.3 Å². The number of aromatic nitrogens is 1. The number of nitrogens with one attached hydrogen (secondary N) is 2. The van der Waals surface area contributed by atoms with Crippen LogP contribution >= 0.6 is 11.3 Å². The van der Waals surface area contributed by atoms with Crippen molar-refractivity contribution >= 4 is 34.9 Å². The lowest BCUT2D eigenvalue weighted by atomic mass is 9.98. The number of amides is 3. The Labute approximate surface area is 214 Å². The Balaban J connectivity index is 1.34. The van der Waals surface area contributed by atoms with Crippen molar-refractivity contribution in [3.63, 3.8) is 0 Å². The number of likely N-dealkylation sites (tertiary alicyclic amines) is 1. The van der Waals surface area contributed by atoms with E-state index in [2.05, 4.69) is 27.8 Å². The Kier molecular flexibility index (Phi) is 8.32. The second kappa shape index (κ2) is 11.8. The Bertz CT molecular complexity index is 1220. The number of hydrogen-bond donors (Lipinski definition) is 2. The lowest BCUT2D eigenvalue weighted by Crippen LogP contribution is -2.45. The normalized spacial score (nSPS) is 13.8. The summed E-state index contributed by atoms with van der Waals surface area (Å²) in [7, 11) is 0. The minimum absolute atomic E-state index is 0.134.